The van der Waals surface area contributed by atoms with Crippen LogP contribution in [0.5, 0.6) is 0 Å². The van der Waals surface area contributed by atoms with Crippen LogP contribution in [0, 0.1) is 0 Å². The van der Waals surface area contributed by atoms with Crippen molar-refractivity contribution in [3.63, 3.8) is 0 Å². The first-order chi connectivity index (χ1) is 7.91. The van der Waals surface area contributed by atoms with Gasteiger partial charge in [0.05, 0.1) is 18.9 Å². The minimum atomic E-state index is -1.07. The highest BCUT2D eigenvalue weighted by atomic mass is 16.4. The zero-order chi connectivity index (χ0) is 13.3. The third-order valence-electron chi connectivity index (χ3n) is 1.80. The Kier molecular flexibility index (Phi) is 7.44. The van der Waals surface area contributed by atoms with Crippen molar-refractivity contribution in [2.45, 2.75) is 25.4 Å². The summed E-state index contributed by atoms with van der Waals surface area (Å²) in [5.41, 5.74) is 5.40. The number of aliphatic hydroxyl groups is 1. The van der Waals surface area contributed by atoms with E-state index in [1.165, 1.54) is 0 Å². The Hall–Kier alpha value is -1.83. The number of carboxylic acids is 2. The number of carboxylic acid groups (broad SMARTS) is 2. The molecule has 0 aliphatic carbocycles. The fourth-order valence-electron chi connectivity index (χ4n) is 0.991. The smallest absolute Gasteiger partial charge is 0.305 e. The van der Waals surface area contributed by atoms with Crippen molar-refractivity contribution < 1.29 is 24.9 Å². The van der Waals surface area contributed by atoms with Gasteiger partial charge in [0, 0.05) is 13.1 Å². The van der Waals surface area contributed by atoms with Crippen molar-refractivity contribution in [3.05, 3.63) is 0 Å². The molecule has 0 aromatic carbocycles. The van der Waals surface area contributed by atoms with Crippen molar-refractivity contribution in [1.82, 2.24) is 5.32 Å². The third kappa shape index (κ3) is 10.5. The largest absolute Gasteiger partial charge is 0.481 e. The molecule has 0 saturated carbocycles. The summed E-state index contributed by atoms with van der Waals surface area (Å²) in [5, 5.41) is 28.5. The number of aliphatic carboxylic acids is 2. The predicted molar refractivity (Wildman–Crippen MR) is 59.6 cm³/mol. The molecule has 6 N–H and O–H groups in total. The lowest BCUT2D eigenvalue weighted by molar-refractivity contribution is -0.139. The molecule has 0 aliphatic heterocycles. The number of nitrogens with one attached hydrogen (secondary N) is 1. The number of aliphatic imine (C=N–C) groups is 1. The molecule has 0 aromatic rings. The maximum atomic E-state index is 10.2. The van der Waals surface area contributed by atoms with Gasteiger partial charge in [0.15, 0.2) is 5.96 Å². The second kappa shape index (κ2) is 8.34. The first-order valence-corrected chi connectivity index (χ1v) is 5.07. The molecular weight excluding hydrogens is 230 g/mol. The number of aliphatic hydroxyl groups excluding tert-OH is 1. The number of carbonyl (C=O) groups is 2. The van der Waals surface area contributed by atoms with E-state index < -0.39 is 18.0 Å². The summed E-state index contributed by atoms with van der Waals surface area (Å²) in [6, 6.07) is 0. The van der Waals surface area contributed by atoms with Gasteiger partial charge in [-0.05, 0) is 6.42 Å². The number of guanidine groups is 1. The van der Waals surface area contributed by atoms with Crippen molar-refractivity contribution in [2.24, 2.45) is 10.7 Å². The fraction of sp³-hybridized carbons (Fsp3) is 0.667. The molecular formula is C9H17N3O5. The van der Waals surface area contributed by atoms with Crippen LogP contribution in [0.3, 0.4) is 0 Å². The molecule has 0 spiro atoms. The van der Waals surface area contributed by atoms with Crippen LogP contribution in [0.25, 0.3) is 0 Å². The Morgan fingerprint density at radius 1 is 1.29 bits per heavy atom. The molecule has 1 atom stereocenters. The molecule has 0 saturated heterocycles. The molecule has 98 valence electrons. The van der Waals surface area contributed by atoms with Crippen LogP contribution in [-0.2, 0) is 9.59 Å². The molecule has 1 unspecified atom stereocenters. The van der Waals surface area contributed by atoms with E-state index in [-0.39, 0.29) is 38.3 Å². The molecule has 0 radical (unpaired) electrons. The molecule has 0 fully saturated rings. The minimum absolute atomic E-state index is 0.0716. The van der Waals surface area contributed by atoms with Gasteiger partial charge in [0.2, 0.25) is 0 Å². The van der Waals surface area contributed by atoms with E-state index in [1.54, 1.807) is 0 Å². The summed E-state index contributed by atoms with van der Waals surface area (Å²) in [5.74, 6) is -1.94. The second-order valence-corrected chi connectivity index (χ2v) is 3.38. The highest BCUT2D eigenvalue weighted by Gasteiger charge is 2.08. The molecule has 8 nitrogen and oxygen atoms in total. The van der Waals surface area contributed by atoms with Gasteiger partial charge in [-0.15, -0.1) is 0 Å². The van der Waals surface area contributed by atoms with Crippen molar-refractivity contribution >= 4 is 17.9 Å². The Balaban J connectivity index is 3.68. The number of rotatable bonds is 8. The summed E-state index contributed by atoms with van der Waals surface area (Å²) in [6.07, 6.45) is -1.17. The van der Waals surface area contributed by atoms with E-state index in [0.717, 1.165) is 0 Å². The van der Waals surface area contributed by atoms with E-state index in [9.17, 15) is 14.7 Å². The quantitative estimate of drug-likeness (QED) is 0.261. The van der Waals surface area contributed by atoms with E-state index in [2.05, 4.69) is 10.3 Å². The standard InChI is InChI=1S/C9H17N3O5/c10-9(12-4-2-7(14)15)11-3-1-6(13)5-8(16)17/h6,13H,1-5H2,(H,14,15)(H,16,17)(H3,10,11,12). The topological polar surface area (TPSA) is 145 Å². The molecule has 0 aromatic heterocycles. The molecule has 0 amide bonds. The number of nitrogens with two attached hydrogens (primary N) is 1. The van der Waals surface area contributed by atoms with Gasteiger partial charge < -0.3 is 26.4 Å². The van der Waals surface area contributed by atoms with Crippen LogP contribution in [0.1, 0.15) is 19.3 Å². The fourth-order valence-corrected chi connectivity index (χ4v) is 0.991. The van der Waals surface area contributed by atoms with Gasteiger partial charge in [-0.1, -0.05) is 0 Å². The van der Waals surface area contributed by atoms with Gasteiger partial charge in [-0.2, -0.15) is 0 Å². The lowest BCUT2D eigenvalue weighted by atomic mass is 10.2. The highest BCUT2D eigenvalue weighted by Crippen LogP contribution is 1.97. The van der Waals surface area contributed by atoms with Crippen LogP contribution < -0.4 is 11.1 Å². The first kappa shape index (κ1) is 15.2. The minimum Gasteiger partial charge on any atom is -0.481 e. The number of hydrogen-bond donors (Lipinski definition) is 5. The molecule has 0 heterocycles. The Bertz CT molecular complexity index is 292. The summed E-state index contributed by atoms with van der Waals surface area (Å²) >= 11 is 0. The van der Waals surface area contributed by atoms with Crippen LogP contribution in [-0.4, -0.2) is 52.4 Å². The lowest BCUT2D eigenvalue weighted by Crippen LogP contribution is -2.33. The van der Waals surface area contributed by atoms with Crippen molar-refractivity contribution in [3.8, 4) is 0 Å². The number of nitrogens with zero attached hydrogens (tertiary/aromatic N) is 1. The summed E-state index contributed by atoms with van der Waals surface area (Å²) in [6.45, 7) is 0.350. The zero-order valence-electron chi connectivity index (χ0n) is 9.30. The van der Waals surface area contributed by atoms with Gasteiger partial charge in [-0.25, -0.2) is 0 Å². The summed E-state index contributed by atoms with van der Waals surface area (Å²) in [7, 11) is 0. The average molecular weight is 247 g/mol. The second-order valence-electron chi connectivity index (χ2n) is 3.38. The third-order valence-corrected chi connectivity index (χ3v) is 1.80. The summed E-state index contributed by atoms with van der Waals surface area (Å²) < 4.78 is 0. The molecule has 0 aliphatic rings. The SMILES string of the molecule is NC(=NCCC(O)CC(=O)O)NCCC(=O)O. The molecule has 0 rings (SSSR count). The van der Waals surface area contributed by atoms with Gasteiger partial charge >= 0.3 is 11.9 Å². The predicted octanol–water partition coefficient (Wildman–Crippen LogP) is -1.41. The zero-order valence-corrected chi connectivity index (χ0v) is 9.30. The summed E-state index contributed by atoms with van der Waals surface area (Å²) in [4.78, 5) is 24.2. The monoisotopic (exact) mass is 247 g/mol. The van der Waals surface area contributed by atoms with Crippen LogP contribution >= 0.6 is 0 Å². The normalized spacial score (nSPS) is 13.1. The van der Waals surface area contributed by atoms with Crippen molar-refractivity contribution in [2.75, 3.05) is 13.1 Å². The maximum absolute atomic E-state index is 10.2. The first-order valence-electron chi connectivity index (χ1n) is 5.07. The van der Waals surface area contributed by atoms with Gasteiger partial charge in [-0.3, -0.25) is 14.6 Å². The van der Waals surface area contributed by atoms with Crippen LogP contribution in [0.2, 0.25) is 0 Å². The number of hydrogen-bond acceptors (Lipinski definition) is 4. The van der Waals surface area contributed by atoms with Gasteiger partial charge in [0.25, 0.3) is 0 Å². The maximum Gasteiger partial charge on any atom is 0.305 e. The van der Waals surface area contributed by atoms with E-state index in [4.69, 9.17) is 15.9 Å². The molecule has 17 heavy (non-hydrogen) atoms. The lowest BCUT2D eigenvalue weighted by Gasteiger charge is -2.06. The van der Waals surface area contributed by atoms with E-state index >= 15 is 0 Å². The highest BCUT2D eigenvalue weighted by molar-refractivity contribution is 5.78. The van der Waals surface area contributed by atoms with Crippen molar-refractivity contribution in [1.29, 1.82) is 0 Å². The Morgan fingerprint density at radius 2 is 1.94 bits per heavy atom. The van der Waals surface area contributed by atoms with E-state index in [1.807, 2.05) is 0 Å². The van der Waals surface area contributed by atoms with Crippen LogP contribution in [0.15, 0.2) is 4.99 Å². The Morgan fingerprint density at radius 3 is 2.47 bits per heavy atom. The average Bonchev–Trinajstić information content (AvgIpc) is 2.15. The molecule has 0 bridgehead atoms. The van der Waals surface area contributed by atoms with Crippen LogP contribution in [0.4, 0.5) is 0 Å². The molecule has 8 heteroatoms. The Labute approximate surface area is 98.1 Å². The van der Waals surface area contributed by atoms with Gasteiger partial charge in [0.1, 0.15) is 0 Å². The van der Waals surface area contributed by atoms with E-state index in [0.29, 0.717) is 0 Å².